The zero-order valence-electron chi connectivity index (χ0n) is 17.8. The van der Waals surface area contributed by atoms with Gasteiger partial charge in [0.25, 0.3) is 5.91 Å². The van der Waals surface area contributed by atoms with E-state index in [1.165, 1.54) is 0 Å². The van der Waals surface area contributed by atoms with Gasteiger partial charge in [0.2, 0.25) is 0 Å². The van der Waals surface area contributed by atoms with Crippen LogP contribution in [0.5, 0.6) is 11.5 Å². The second-order valence-corrected chi connectivity index (χ2v) is 7.04. The number of carbonyl (C=O) groups is 1. The largest absolute Gasteiger partial charge is 0.496 e. The molecule has 162 valence electrons. The van der Waals surface area contributed by atoms with Gasteiger partial charge in [0.05, 0.1) is 31.6 Å². The maximum Gasteiger partial charge on any atom is 0.277 e. The Balaban J connectivity index is 1.61. The van der Waals surface area contributed by atoms with Crippen molar-refractivity contribution >= 4 is 11.6 Å². The SMILES string of the molecule is COc1ccc(/C(C)=N\NC(=O)COc2ccccc2C#N)cc1CN1CCOCC1. The lowest BCUT2D eigenvalue weighted by Gasteiger charge is -2.27. The van der Waals surface area contributed by atoms with Gasteiger partial charge in [-0.15, -0.1) is 0 Å². The predicted octanol–water partition coefficient (Wildman–Crippen LogP) is 2.32. The van der Waals surface area contributed by atoms with Gasteiger partial charge < -0.3 is 14.2 Å². The molecular formula is C23H26N4O4. The molecule has 0 bridgehead atoms. The van der Waals surface area contributed by atoms with Gasteiger partial charge in [-0.05, 0) is 42.8 Å². The number of nitriles is 1. The number of carbonyl (C=O) groups excluding carboxylic acids is 1. The Bertz CT molecular complexity index is 978. The molecular weight excluding hydrogens is 396 g/mol. The average molecular weight is 422 g/mol. The molecule has 8 nitrogen and oxygen atoms in total. The Kier molecular flexibility index (Phi) is 7.98. The van der Waals surface area contributed by atoms with E-state index in [1.54, 1.807) is 31.4 Å². The number of para-hydroxylation sites is 1. The number of nitrogens with one attached hydrogen (secondary N) is 1. The summed E-state index contributed by atoms with van der Waals surface area (Å²) in [6, 6.07) is 14.6. The van der Waals surface area contributed by atoms with Gasteiger partial charge in [-0.25, -0.2) is 5.43 Å². The van der Waals surface area contributed by atoms with Crippen LogP contribution in [0.15, 0.2) is 47.6 Å². The first-order valence-corrected chi connectivity index (χ1v) is 10.0. The van der Waals surface area contributed by atoms with Crippen LogP contribution in [0.3, 0.4) is 0 Å². The zero-order valence-corrected chi connectivity index (χ0v) is 17.8. The molecule has 1 saturated heterocycles. The van der Waals surface area contributed by atoms with Gasteiger partial charge in [0.1, 0.15) is 17.6 Å². The molecule has 1 amide bonds. The number of hydrazone groups is 1. The molecule has 0 atom stereocenters. The highest BCUT2D eigenvalue weighted by Crippen LogP contribution is 2.22. The van der Waals surface area contributed by atoms with Crippen molar-refractivity contribution < 1.29 is 19.0 Å². The lowest BCUT2D eigenvalue weighted by molar-refractivity contribution is -0.123. The average Bonchev–Trinajstić information content (AvgIpc) is 2.82. The number of rotatable bonds is 8. The standard InChI is InChI=1S/C23H26N4O4/c1-17(25-26-23(28)16-31-22-6-4-3-5-19(22)14-24)18-7-8-21(29-2)20(13-18)15-27-9-11-30-12-10-27/h3-8,13H,9-12,15-16H2,1-2H3,(H,26,28)/b25-17-. The first kappa shape index (κ1) is 22.3. The molecule has 1 heterocycles. The van der Waals surface area contributed by atoms with E-state index in [9.17, 15) is 4.79 Å². The Morgan fingerprint density at radius 1 is 1.23 bits per heavy atom. The fraction of sp³-hybridized carbons (Fsp3) is 0.348. The number of morpholine rings is 1. The lowest BCUT2D eigenvalue weighted by atomic mass is 10.1. The zero-order chi connectivity index (χ0) is 22.1. The summed E-state index contributed by atoms with van der Waals surface area (Å²) in [5, 5.41) is 13.3. The minimum Gasteiger partial charge on any atom is -0.496 e. The van der Waals surface area contributed by atoms with Crippen molar-refractivity contribution in [2.24, 2.45) is 5.10 Å². The quantitative estimate of drug-likeness (QED) is 0.518. The number of benzene rings is 2. The molecule has 1 aliphatic heterocycles. The van der Waals surface area contributed by atoms with Crippen molar-refractivity contribution in [1.29, 1.82) is 5.26 Å². The van der Waals surface area contributed by atoms with Crippen molar-refractivity contribution in [2.75, 3.05) is 40.0 Å². The Labute approximate surface area is 182 Å². The fourth-order valence-electron chi connectivity index (χ4n) is 3.20. The summed E-state index contributed by atoms with van der Waals surface area (Å²) in [7, 11) is 1.66. The molecule has 1 fully saturated rings. The third-order valence-electron chi connectivity index (χ3n) is 4.91. The molecule has 2 aromatic rings. The van der Waals surface area contributed by atoms with Crippen molar-refractivity contribution in [2.45, 2.75) is 13.5 Å². The highest BCUT2D eigenvalue weighted by atomic mass is 16.5. The molecule has 0 aromatic heterocycles. The molecule has 0 saturated carbocycles. The normalized spacial score (nSPS) is 14.5. The van der Waals surface area contributed by atoms with Gasteiger partial charge in [-0.3, -0.25) is 9.69 Å². The fourth-order valence-corrected chi connectivity index (χ4v) is 3.20. The van der Waals surface area contributed by atoms with Crippen LogP contribution in [-0.2, 0) is 16.1 Å². The van der Waals surface area contributed by atoms with Crippen LogP contribution in [0.2, 0.25) is 0 Å². The predicted molar refractivity (Wildman–Crippen MR) is 116 cm³/mol. The van der Waals surface area contributed by atoms with Gasteiger partial charge in [0, 0.05) is 25.2 Å². The van der Waals surface area contributed by atoms with Crippen LogP contribution >= 0.6 is 0 Å². The smallest absolute Gasteiger partial charge is 0.277 e. The molecule has 0 unspecified atom stereocenters. The molecule has 2 aromatic carbocycles. The van der Waals surface area contributed by atoms with E-state index in [4.69, 9.17) is 19.5 Å². The summed E-state index contributed by atoms with van der Waals surface area (Å²) in [6.07, 6.45) is 0. The molecule has 3 rings (SSSR count). The highest BCUT2D eigenvalue weighted by molar-refractivity contribution is 5.99. The van der Waals surface area contributed by atoms with Crippen molar-refractivity contribution in [3.8, 4) is 17.6 Å². The van der Waals surface area contributed by atoms with E-state index in [0.29, 0.717) is 17.0 Å². The van der Waals surface area contributed by atoms with E-state index in [2.05, 4.69) is 15.4 Å². The number of ether oxygens (including phenoxy) is 3. The number of amides is 1. The molecule has 8 heteroatoms. The molecule has 0 radical (unpaired) electrons. The van der Waals surface area contributed by atoms with E-state index >= 15 is 0 Å². The molecule has 0 aliphatic carbocycles. The van der Waals surface area contributed by atoms with Crippen LogP contribution in [0.1, 0.15) is 23.6 Å². The number of nitrogens with zero attached hydrogens (tertiary/aromatic N) is 3. The maximum atomic E-state index is 12.1. The van der Waals surface area contributed by atoms with Gasteiger partial charge >= 0.3 is 0 Å². The molecule has 1 N–H and O–H groups in total. The minimum atomic E-state index is -0.408. The van der Waals surface area contributed by atoms with Gasteiger partial charge in [-0.1, -0.05) is 12.1 Å². The van der Waals surface area contributed by atoms with Gasteiger partial charge in [-0.2, -0.15) is 10.4 Å². The summed E-state index contributed by atoms with van der Waals surface area (Å²) in [6.45, 7) is 5.57. The number of hydrogen-bond acceptors (Lipinski definition) is 7. The van der Waals surface area contributed by atoms with E-state index in [-0.39, 0.29) is 6.61 Å². The van der Waals surface area contributed by atoms with Crippen molar-refractivity contribution in [1.82, 2.24) is 10.3 Å². The summed E-state index contributed by atoms with van der Waals surface area (Å²) >= 11 is 0. The second kappa shape index (κ2) is 11.1. The number of methoxy groups -OCH3 is 1. The summed E-state index contributed by atoms with van der Waals surface area (Å²) in [5.74, 6) is 0.773. The van der Waals surface area contributed by atoms with Crippen LogP contribution in [-0.4, -0.2) is 56.5 Å². The van der Waals surface area contributed by atoms with Crippen molar-refractivity contribution in [3.63, 3.8) is 0 Å². The Hall–Kier alpha value is -3.41. The first-order valence-electron chi connectivity index (χ1n) is 10.0. The van der Waals surface area contributed by atoms with E-state index < -0.39 is 5.91 Å². The van der Waals surface area contributed by atoms with Crippen molar-refractivity contribution in [3.05, 3.63) is 59.2 Å². The van der Waals surface area contributed by atoms with E-state index in [1.807, 2.05) is 31.2 Å². The minimum absolute atomic E-state index is 0.236. The lowest BCUT2D eigenvalue weighted by Crippen LogP contribution is -2.35. The molecule has 31 heavy (non-hydrogen) atoms. The van der Waals surface area contributed by atoms with Gasteiger partial charge in [0.15, 0.2) is 6.61 Å². The topological polar surface area (TPSA) is 96.2 Å². The highest BCUT2D eigenvalue weighted by Gasteiger charge is 2.14. The molecule has 1 aliphatic rings. The second-order valence-electron chi connectivity index (χ2n) is 7.04. The summed E-state index contributed by atoms with van der Waals surface area (Å²) < 4.78 is 16.3. The third-order valence-corrected chi connectivity index (χ3v) is 4.91. The Morgan fingerprint density at radius 3 is 2.74 bits per heavy atom. The van der Waals surface area contributed by atoms with Crippen LogP contribution in [0.25, 0.3) is 0 Å². The van der Waals surface area contributed by atoms with Crippen LogP contribution in [0, 0.1) is 11.3 Å². The van der Waals surface area contributed by atoms with Crippen LogP contribution < -0.4 is 14.9 Å². The van der Waals surface area contributed by atoms with E-state index in [0.717, 1.165) is 49.7 Å². The summed E-state index contributed by atoms with van der Waals surface area (Å²) in [4.78, 5) is 14.4. The monoisotopic (exact) mass is 422 g/mol. The summed E-state index contributed by atoms with van der Waals surface area (Å²) in [5.41, 5.74) is 5.48. The first-order chi connectivity index (χ1) is 15.1. The molecule has 0 spiro atoms. The maximum absolute atomic E-state index is 12.1. The Morgan fingerprint density at radius 2 is 2.00 bits per heavy atom. The number of hydrogen-bond donors (Lipinski definition) is 1. The third kappa shape index (κ3) is 6.28. The van der Waals surface area contributed by atoms with Crippen LogP contribution in [0.4, 0.5) is 0 Å².